The van der Waals surface area contributed by atoms with Crippen molar-refractivity contribution in [2.24, 2.45) is 5.92 Å². The minimum atomic E-state index is -0.102. The number of hydroxylamine groups is 1. The maximum atomic E-state index is 11.4. The molecule has 0 bridgehead atoms. The summed E-state index contributed by atoms with van der Waals surface area (Å²) in [5.74, 6) is 0.427. The average molecular weight is 240 g/mol. The fourth-order valence-electron chi connectivity index (χ4n) is 2.31. The van der Waals surface area contributed by atoms with Gasteiger partial charge in [-0.15, -0.1) is 5.48 Å². The van der Waals surface area contributed by atoms with E-state index in [0.717, 1.165) is 6.42 Å². The maximum absolute atomic E-state index is 11.4. The standard InChI is InChI=1S/C12H20N2O3/c1-5-17-14-8(2)12-10(7-16-4)6-11(13-12)9(3)15/h1,8,10-14H,6-7H2,2-4H3. The number of rotatable bonds is 6. The molecule has 5 nitrogen and oxygen atoms in total. The van der Waals surface area contributed by atoms with Crippen LogP contribution in [0.4, 0.5) is 0 Å². The molecule has 1 fully saturated rings. The molecule has 0 saturated carbocycles. The Kier molecular flexibility index (Phi) is 5.42. The molecule has 0 spiro atoms. The van der Waals surface area contributed by atoms with Crippen molar-refractivity contribution in [3.8, 4) is 12.5 Å². The Morgan fingerprint density at radius 2 is 2.41 bits per heavy atom. The second-order valence-electron chi connectivity index (χ2n) is 4.43. The Morgan fingerprint density at radius 1 is 1.71 bits per heavy atom. The first-order chi connectivity index (χ1) is 8.10. The number of hydrogen-bond donors (Lipinski definition) is 2. The summed E-state index contributed by atoms with van der Waals surface area (Å²) in [7, 11) is 1.66. The number of ether oxygens (including phenoxy) is 1. The first-order valence-electron chi connectivity index (χ1n) is 5.72. The fraction of sp³-hybridized carbons (Fsp3) is 0.750. The molecule has 0 amide bonds. The molecule has 0 radical (unpaired) electrons. The van der Waals surface area contributed by atoms with Crippen LogP contribution in [0.2, 0.25) is 0 Å². The van der Waals surface area contributed by atoms with Gasteiger partial charge in [-0.25, -0.2) is 0 Å². The molecule has 0 aromatic carbocycles. The smallest absolute Gasteiger partial charge is 0.146 e. The van der Waals surface area contributed by atoms with Crippen LogP contribution < -0.4 is 10.8 Å². The highest BCUT2D eigenvalue weighted by Crippen LogP contribution is 2.23. The van der Waals surface area contributed by atoms with Gasteiger partial charge < -0.3 is 14.9 Å². The third-order valence-corrected chi connectivity index (χ3v) is 3.15. The van der Waals surface area contributed by atoms with Gasteiger partial charge in [0.1, 0.15) is 11.9 Å². The molecular formula is C12H20N2O3. The molecule has 0 aromatic heterocycles. The molecule has 1 aliphatic heterocycles. The number of hydrogen-bond acceptors (Lipinski definition) is 5. The number of carbonyl (C=O) groups excluding carboxylic acids is 1. The van der Waals surface area contributed by atoms with Crippen molar-refractivity contribution in [3.05, 3.63) is 0 Å². The Hall–Kier alpha value is -1.09. The van der Waals surface area contributed by atoms with Crippen LogP contribution in [0.25, 0.3) is 0 Å². The molecule has 2 N–H and O–H groups in total. The summed E-state index contributed by atoms with van der Waals surface area (Å²) in [4.78, 5) is 16.1. The molecule has 1 saturated heterocycles. The Labute approximate surface area is 102 Å². The largest absolute Gasteiger partial charge is 0.384 e. The molecule has 1 rings (SSSR count). The van der Waals surface area contributed by atoms with Gasteiger partial charge >= 0.3 is 0 Å². The van der Waals surface area contributed by atoms with E-state index >= 15 is 0 Å². The van der Waals surface area contributed by atoms with E-state index in [0.29, 0.717) is 6.61 Å². The number of methoxy groups -OCH3 is 1. The SMILES string of the molecule is C#CONC(C)C1NC(C(C)=O)CC1COC. The van der Waals surface area contributed by atoms with E-state index in [1.165, 1.54) is 0 Å². The van der Waals surface area contributed by atoms with Crippen LogP contribution in [0.1, 0.15) is 20.3 Å². The first-order valence-corrected chi connectivity index (χ1v) is 5.72. The zero-order valence-corrected chi connectivity index (χ0v) is 10.5. The van der Waals surface area contributed by atoms with Gasteiger partial charge in [-0.3, -0.25) is 4.79 Å². The van der Waals surface area contributed by atoms with Crippen LogP contribution in [-0.4, -0.2) is 37.6 Å². The van der Waals surface area contributed by atoms with Gasteiger partial charge in [-0.2, -0.15) is 0 Å². The second-order valence-corrected chi connectivity index (χ2v) is 4.43. The lowest BCUT2D eigenvalue weighted by Gasteiger charge is -2.24. The molecule has 0 aliphatic carbocycles. The van der Waals surface area contributed by atoms with Gasteiger partial charge in [0.2, 0.25) is 0 Å². The van der Waals surface area contributed by atoms with Crippen molar-refractivity contribution < 1.29 is 14.4 Å². The summed E-state index contributed by atoms with van der Waals surface area (Å²) in [5.41, 5.74) is 2.76. The highest BCUT2D eigenvalue weighted by molar-refractivity contribution is 5.81. The Bertz CT molecular complexity index is 301. The highest BCUT2D eigenvalue weighted by atomic mass is 16.6. The maximum Gasteiger partial charge on any atom is 0.146 e. The zero-order chi connectivity index (χ0) is 12.8. The van der Waals surface area contributed by atoms with Crippen LogP contribution in [0.15, 0.2) is 0 Å². The third-order valence-electron chi connectivity index (χ3n) is 3.15. The summed E-state index contributed by atoms with van der Waals surface area (Å²) in [6, 6.07) is 0.0167. The van der Waals surface area contributed by atoms with Crippen molar-refractivity contribution in [3.63, 3.8) is 0 Å². The van der Waals surface area contributed by atoms with E-state index in [4.69, 9.17) is 16.0 Å². The quantitative estimate of drug-likeness (QED) is 0.508. The van der Waals surface area contributed by atoms with Crippen LogP contribution in [-0.2, 0) is 14.4 Å². The van der Waals surface area contributed by atoms with E-state index in [1.54, 1.807) is 14.0 Å². The molecule has 5 heteroatoms. The van der Waals surface area contributed by atoms with Crippen molar-refractivity contribution in [2.45, 2.75) is 38.4 Å². The van der Waals surface area contributed by atoms with Crippen LogP contribution in [0, 0.1) is 18.4 Å². The van der Waals surface area contributed by atoms with E-state index < -0.39 is 0 Å². The summed E-state index contributed by atoms with van der Waals surface area (Å²) < 4.78 is 5.18. The van der Waals surface area contributed by atoms with Gasteiger partial charge in [-0.1, -0.05) is 6.42 Å². The Morgan fingerprint density at radius 3 is 2.94 bits per heavy atom. The molecule has 4 unspecified atom stereocenters. The topological polar surface area (TPSA) is 59.6 Å². The number of terminal acetylenes is 1. The lowest BCUT2D eigenvalue weighted by molar-refractivity contribution is -0.118. The zero-order valence-electron chi connectivity index (χ0n) is 10.5. The van der Waals surface area contributed by atoms with Crippen molar-refractivity contribution in [2.75, 3.05) is 13.7 Å². The first kappa shape index (κ1) is 14.0. The van der Waals surface area contributed by atoms with E-state index in [9.17, 15) is 4.79 Å². The van der Waals surface area contributed by atoms with Crippen molar-refractivity contribution in [1.82, 2.24) is 10.8 Å². The molecular weight excluding hydrogens is 220 g/mol. The average Bonchev–Trinajstić information content (AvgIpc) is 2.70. The second kappa shape index (κ2) is 6.60. The van der Waals surface area contributed by atoms with Gasteiger partial charge in [0.25, 0.3) is 0 Å². The summed E-state index contributed by atoms with van der Waals surface area (Å²) >= 11 is 0. The number of nitrogens with one attached hydrogen (secondary N) is 2. The lowest BCUT2D eigenvalue weighted by atomic mass is 9.95. The van der Waals surface area contributed by atoms with Crippen molar-refractivity contribution in [1.29, 1.82) is 0 Å². The van der Waals surface area contributed by atoms with Crippen molar-refractivity contribution >= 4 is 5.78 Å². The van der Waals surface area contributed by atoms with Gasteiger partial charge in [-0.05, 0) is 20.3 Å². The van der Waals surface area contributed by atoms with Gasteiger partial charge in [0.15, 0.2) is 0 Å². The molecule has 96 valence electrons. The predicted octanol–water partition coefficient (Wildman–Crippen LogP) is 0.0689. The molecule has 0 aromatic rings. The number of Topliss-reactive ketones (excluding diaryl/α,β-unsaturated/α-hetero) is 1. The van der Waals surface area contributed by atoms with Gasteiger partial charge in [0.05, 0.1) is 18.7 Å². The molecule has 4 atom stereocenters. The van der Waals surface area contributed by atoms with E-state index in [1.807, 2.05) is 6.92 Å². The van der Waals surface area contributed by atoms with E-state index in [2.05, 4.69) is 16.9 Å². The molecule has 17 heavy (non-hydrogen) atoms. The molecule has 1 heterocycles. The van der Waals surface area contributed by atoms with Crippen LogP contribution >= 0.6 is 0 Å². The Balaban J connectivity index is 2.60. The normalized spacial score (nSPS) is 29.6. The summed E-state index contributed by atoms with van der Waals surface area (Å²) in [6.07, 6.45) is 7.86. The van der Waals surface area contributed by atoms with Crippen LogP contribution in [0.3, 0.4) is 0 Å². The summed E-state index contributed by atoms with van der Waals surface area (Å²) in [6.45, 7) is 4.17. The van der Waals surface area contributed by atoms with Gasteiger partial charge in [0, 0.05) is 19.1 Å². The number of carbonyl (C=O) groups is 1. The molecule has 1 aliphatic rings. The monoisotopic (exact) mass is 240 g/mol. The predicted molar refractivity (Wildman–Crippen MR) is 63.9 cm³/mol. The minimum Gasteiger partial charge on any atom is -0.384 e. The minimum absolute atomic E-state index is 0.00977. The summed E-state index contributed by atoms with van der Waals surface area (Å²) in [5, 5.41) is 3.29. The van der Waals surface area contributed by atoms with E-state index in [-0.39, 0.29) is 29.8 Å². The number of ketones is 1. The lowest BCUT2D eigenvalue weighted by Crippen LogP contribution is -2.48. The third kappa shape index (κ3) is 3.70. The fourth-order valence-corrected chi connectivity index (χ4v) is 2.31. The van der Waals surface area contributed by atoms with Crippen LogP contribution in [0.5, 0.6) is 0 Å². The highest BCUT2D eigenvalue weighted by Gasteiger charge is 2.38.